The molecule has 1 aliphatic carbocycles. The average Bonchev–Trinajstić information content (AvgIpc) is 2.77. The Hall–Kier alpha value is -1.57. The predicted octanol–water partition coefficient (Wildman–Crippen LogP) is 2.69. The summed E-state index contributed by atoms with van der Waals surface area (Å²) in [6.45, 7) is 3.75. The van der Waals surface area contributed by atoms with Crippen LogP contribution in [0.2, 0.25) is 0 Å². The number of aryl methyl sites for hydroxylation is 2. The second-order valence-electron chi connectivity index (χ2n) is 3.81. The van der Waals surface area contributed by atoms with Crippen molar-refractivity contribution in [2.75, 3.05) is 0 Å². The molecule has 0 spiro atoms. The number of nitrogens with one attached hydrogen (secondary N) is 1. The van der Waals surface area contributed by atoms with Gasteiger partial charge in [0.25, 0.3) is 0 Å². The van der Waals surface area contributed by atoms with Crippen LogP contribution >= 0.6 is 0 Å². The predicted molar refractivity (Wildman–Crippen MR) is 58.2 cm³/mol. The number of nitrogens with zero attached hydrogens (tertiary/aromatic N) is 1. The molecule has 14 heavy (non-hydrogen) atoms. The minimum absolute atomic E-state index is 1.05. The molecule has 0 saturated heterocycles. The molecule has 70 valence electrons. The second kappa shape index (κ2) is 2.71. The van der Waals surface area contributed by atoms with Crippen molar-refractivity contribution < 1.29 is 0 Å². The molecule has 0 unspecified atom stereocenters. The Bertz CT molecular complexity index is 467. The first-order valence-corrected chi connectivity index (χ1v) is 5.01. The maximum absolute atomic E-state index is 4.65. The normalized spacial score (nSPS) is 14.6. The highest BCUT2D eigenvalue weighted by Crippen LogP contribution is 2.24. The fraction of sp³-hybridized carbons (Fsp3) is 0.250. The third kappa shape index (κ3) is 1.00. The van der Waals surface area contributed by atoms with Gasteiger partial charge in [-0.3, -0.25) is 4.98 Å². The Morgan fingerprint density at radius 1 is 1.36 bits per heavy atom. The molecular formula is C12H12N2. The molecule has 1 N–H and O–H groups in total. The van der Waals surface area contributed by atoms with Gasteiger partial charge in [-0.05, 0) is 43.0 Å². The molecule has 0 radical (unpaired) electrons. The molecule has 0 aliphatic heterocycles. The summed E-state index contributed by atoms with van der Waals surface area (Å²) in [5.41, 5.74) is 5.96. The van der Waals surface area contributed by atoms with Crippen LogP contribution in [-0.4, -0.2) is 9.97 Å². The smallest absolute Gasteiger partial charge is 0.0888 e. The molecule has 2 heteroatoms. The quantitative estimate of drug-likeness (QED) is 0.725. The van der Waals surface area contributed by atoms with Crippen molar-refractivity contribution in [2.45, 2.75) is 19.3 Å². The van der Waals surface area contributed by atoms with Crippen molar-refractivity contribution in [3.05, 3.63) is 35.7 Å². The first-order valence-electron chi connectivity index (χ1n) is 5.01. The topological polar surface area (TPSA) is 28.7 Å². The fourth-order valence-electron chi connectivity index (χ4n) is 2.15. The number of aromatic nitrogens is 2. The van der Waals surface area contributed by atoms with Crippen molar-refractivity contribution in [2.24, 2.45) is 0 Å². The molecule has 2 heterocycles. The van der Waals surface area contributed by atoms with Crippen molar-refractivity contribution in [3.8, 4) is 0 Å². The zero-order valence-electron chi connectivity index (χ0n) is 8.01. The number of fused-ring (bicyclic) bond motifs is 2. The van der Waals surface area contributed by atoms with Gasteiger partial charge in [-0.25, -0.2) is 0 Å². The molecule has 3 rings (SSSR count). The standard InChI is InChI=1S/C12H12N2/c1-2-9-7-12-11(13-9)6-8-4-3-5-10(8)14-12/h2,6-7,13H,1,3-5H2. The zero-order valence-corrected chi connectivity index (χ0v) is 8.01. The number of aromatic amines is 1. The summed E-state index contributed by atoms with van der Waals surface area (Å²) < 4.78 is 0. The number of H-pyrrole nitrogens is 1. The highest BCUT2D eigenvalue weighted by atomic mass is 14.8. The van der Waals surface area contributed by atoms with Crippen molar-refractivity contribution in [1.82, 2.24) is 9.97 Å². The number of pyridine rings is 1. The molecule has 0 amide bonds. The van der Waals surface area contributed by atoms with Crippen LogP contribution < -0.4 is 0 Å². The minimum atomic E-state index is 1.05. The number of rotatable bonds is 1. The van der Waals surface area contributed by atoms with Crippen molar-refractivity contribution >= 4 is 17.1 Å². The van der Waals surface area contributed by atoms with Crippen LogP contribution in [0.5, 0.6) is 0 Å². The fourth-order valence-corrected chi connectivity index (χ4v) is 2.15. The Labute approximate surface area is 82.7 Å². The van der Waals surface area contributed by atoms with E-state index in [1.807, 2.05) is 6.08 Å². The van der Waals surface area contributed by atoms with E-state index in [4.69, 9.17) is 0 Å². The number of hydrogen-bond acceptors (Lipinski definition) is 1. The van der Waals surface area contributed by atoms with Crippen LogP contribution in [0, 0.1) is 0 Å². The van der Waals surface area contributed by atoms with E-state index in [-0.39, 0.29) is 0 Å². The van der Waals surface area contributed by atoms with Gasteiger partial charge in [0.1, 0.15) is 0 Å². The van der Waals surface area contributed by atoms with Gasteiger partial charge in [-0.2, -0.15) is 0 Å². The Morgan fingerprint density at radius 2 is 2.29 bits per heavy atom. The van der Waals surface area contributed by atoms with Crippen LogP contribution in [0.25, 0.3) is 17.1 Å². The Balaban J connectivity index is 2.29. The summed E-state index contributed by atoms with van der Waals surface area (Å²) in [7, 11) is 0. The highest BCUT2D eigenvalue weighted by molar-refractivity contribution is 5.79. The summed E-state index contributed by atoms with van der Waals surface area (Å²) in [6.07, 6.45) is 5.40. The van der Waals surface area contributed by atoms with E-state index in [2.05, 4.69) is 28.7 Å². The third-order valence-electron chi connectivity index (χ3n) is 2.87. The lowest BCUT2D eigenvalue weighted by Gasteiger charge is -1.97. The molecule has 2 aromatic rings. The van der Waals surface area contributed by atoms with E-state index in [1.165, 1.54) is 24.1 Å². The lowest BCUT2D eigenvalue weighted by atomic mass is 10.2. The Morgan fingerprint density at radius 3 is 3.14 bits per heavy atom. The van der Waals surface area contributed by atoms with E-state index in [1.54, 1.807) is 0 Å². The van der Waals surface area contributed by atoms with E-state index in [0.29, 0.717) is 0 Å². The van der Waals surface area contributed by atoms with E-state index in [9.17, 15) is 0 Å². The average molecular weight is 184 g/mol. The monoisotopic (exact) mass is 184 g/mol. The SMILES string of the molecule is C=Cc1cc2nc3c(cc2[nH]1)CCC3. The Kier molecular flexibility index (Phi) is 1.51. The molecule has 0 saturated carbocycles. The number of hydrogen-bond donors (Lipinski definition) is 1. The van der Waals surface area contributed by atoms with Gasteiger partial charge < -0.3 is 4.98 Å². The second-order valence-corrected chi connectivity index (χ2v) is 3.81. The largest absolute Gasteiger partial charge is 0.354 e. The summed E-state index contributed by atoms with van der Waals surface area (Å²) in [6, 6.07) is 4.29. The molecule has 2 aromatic heterocycles. The highest BCUT2D eigenvalue weighted by Gasteiger charge is 2.13. The van der Waals surface area contributed by atoms with Gasteiger partial charge in [0.15, 0.2) is 0 Å². The van der Waals surface area contributed by atoms with Gasteiger partial charge >= 0.3 is 0 Å². The van der Waals surface area contributed by atoms with Gasteiger partial charge in [-0.15, -0.1) is 0 Å². The summed E-state index contributed by atoms with van der Waals surface area (Å²) in [4.78, 5) is 7.94. The van der Waals surface area contributed by atoms with Gasteiger partial charge in [-0.1, -0.05) is 6.58 Å². The van der Waals surface area contributed by atoms with Crippen LogP contribution in [0.15, 0.2) is 18.7 Å². The first-order chi connectivity index (χ1) is 6.86. The maximum Gasteiger partial charge on any atom is 0.0888 e. The molecule has 0 bridgehead atoms. The summed E-state index contributed by atoms with van der Waals surface area (Å²) >= 11 is 0. The summed E-state index contributed by atoms with van der Waals surface area (Å²) in [5, 5.41) is 0. The van der Waals surface area contributed by atoms with Crippen molar-refractivity contribution in [3.63, 3.8) is 0 Å². The van der Waals surface area contributed by atoms with Gasteiger partial charge in [0.05, 0.1) is 11.0 Å². The minimum Gasteiger partial charge on any atom is -0.354 e. The van der Waals surface area contributed by atoms with Crippen LogP contribution in [-0.2, 0) is 12.8 Å². The van der Waals surface area contributed by atoms with Crippen LogP contribution in [0.1, 0.15) is 23.4 Å². The van der Waals surface area contributed by atoms with Gasteiger partial charge in [0.2, 0.25) is 0 Å². The van der Waals surface area contributed by atoms with E-state index >= 15 is 0 Å². The van der Waals surface area contributed by atoms with Crippen LogP contribution in [0.3, 0.4) is 0 Å². The lowest BCUT2D eigenvalue weighted by molar-refractivity contribution is 0.901. The van der Waals surface area contributed by atoms with E-state index < -0.39 is 0 Å². The molecule has 2 nitrogen and oxygen atoms in total. The van der Waals surface area contributed by atoms with E-state index in [0.717, 1.165) is 23.1 Å². The molecule has 1 aliphatic rings. The molecule has 0 atom stereocenters. The lowest BCUT2D eigenvalue weighted by Crippen LogP contribution is -1.87. The van der Waals surface area contributed by atoms with Crippen molar-refractivity contribution in [1.29, 1.82) is 0 Å². The molecule has 0 fully saturated rings. The molecule has 0 aromatic carbocycles. The van der Waals surface area contributed by atoms with Crippen LogP contribution in [0.4, 0.5) is 0 Å². The maximum atomic E-state index is 4.65. The zero-order chi connectivity index (χ0) is 9.54. The van der Waals surface area contributed by atoms with Gasteiger partial charge in [0, 0.05) is 11.4 Å². The summed E-state index contributed by atoms with van der Waals surface area (Å²) in [5.74, 6) is 0. The third-order valence-corrected chi connectivity index (χ3v) is 2.87. The molecular weight excluding hydrogens is 172 g/mol. The first kappa shape index (κ1) is 7.80.